The summed E-state index contributed by atoms with van der Waals surface area (Å²) in [6.07, 6.45) is 4.75. The van der Waals surface area contributed by atoms with Crippen LogP contribution in [0.1, 0.15) is 27.7 Å². The lowest BCUT2D eigenvalue weighted by Gasteiger charge is -2.28. The van der Waals surface area contributed by atoms with Gasteiger partial charge in [0.05, 0.1) is 6.10 Å². The van der Waals surface area contributed by atoms with Crippen molar-refractivity contribution in [2.45, 2.75) is 33.8 Å². The lowest BCUT2D eigenvalue weighted by molar-refractivity contribution is 0.0368. The van der Waals surface area contributed by atoms with Crippen LogP contribution in [0.15, 0.2) is 0 Å². The highest BCUT2D eigenvalue weighted by atomic mass is 16.3. The van der Waals surface area contributed by atoms with Gasteiger partial charge < -0.3 is 5.11 Å². The summed E-state index contributed by atoms with van der Waals surface area (Å²) >= 11 is 0. The van der Waals surface area contributed by atoms with Crippen LogP contribution in [0.2, 0.25) is 0 Å². The molecule has 0 spiro atoms. The van der Waals surface area contributed by atoms with E-state index < -0.39 is 6.10 Å². The standard InChI is InChI=1S/C9H16O/c1-6-7(2)8(10)9(3,4)5/h1,7-8,10H,2-5H3/t7-,8-/m1/s1. The molecule has 0 fully saturated rings. The number of terminal acetylenes is 1. The van der Waals surface area contributed by atoms with Crippen LogP contribution in [0, 0.1) is 23.7 Å². The minimum absolute atomic E-state index is 0.0556. The van der Waals surface area contributed by atoms with Crippen LogP contribution in [0.4, 0.5) is 0 Å². The van der Waals surface area contributed by atoms with Crippen molar-refractivity contribution in [2.24, 2.45) is 11.3 Å². The first-order chi connectivity index (χ1) is 4.39. The SMILES string of the molecule is C#C[C@@H](C)[C@@H](O)C(C)(C)C. The van der Waals surface area contributed by atoms with Crippen molar-refractivity contribution in [3.63, 3.8) is 0 Å². The highest BCUT2D eigenvalue weighted by molar-refractivity contribution is 4.97. The van der Waals surface area contributed by atoms with Crippen LogP contribution in [0.3, 0.4) is 0 Å². The summed E-state index contributed by atoms with van der Waals surface area (Å²) in [5.41, 5.74) is -0.105. The van der Waals surface area contributed by atoms with E-state index in [1.165, 1.54) is 0 Å². The molecule has 2 atom stereocenters. The molecule has 0 saturated carbocycles. The zero-order chi connectivity index (χ0) is 8.36. The molecule has 0 aromatic carbocycles. The maximum Gasteiger partial charge on any atom is 0.0722 e. The molecular formula is C9H16O. The van der Waals surface area contributed by atoms with Gasteiger partial charge in [-0.05, 0) is 12.3 Å². The molecule has 0 saturated heterocycles. The number of hydrogen-bond acceptors (Lipinski definition) is 1. The summed E-state index contributed by atoms with van der Waals surface area (Å²) in [5, 5.41) is 9.51. The topological polar surface area (TPSA) is 20.2 Å². The average Bonchev–Trinajstić information content (AvgIpc) is 1.83. The lowest BCUT2D eigenvalue weighted by atomic mass is 9.82. The van der Waals surface area contributed by atoms with Crippen LogP contribution in [0.25, 0.3) is 0 Å². The Kier molecular flexibility index (Phi) is 2.93. The van der Waals surface area contributed by atoms with E-state index in [0.717, 1.165) is 0 Å². The molecule has 1 N–H and O–H groups in total. The highest BCUT2D eigenvalue weighted by Gasteiger charge is 2.25. The molecule has 10 heavy (non-hydrogen) atoms. The Labute approximate surface area is 63.5 Å². The van der Waals surface area contributed by atoms with E-state index in [-0.39, 0.29) is 11.3 Å². The molecule has 0 aliphatic heterocycles. The van der Waals surface area contributed by atoms with Crippen molar-refractivity contribution in [3.8, 4) is 12.3 Å². The van der Waals surface area contributed by atoms with Crippen LogP contribution in [-0.4, -0.2) is 11.2 Å². The number of aliphatic hydroxyl groups excluding tert-OH is 1. The fourth-order valence-corrected chi connectivity index (χ4v) is 0.841. The van der Waals surface area contributed by atoms with Gasteiger partial charge in [0.2, 0.25) is 0 Å². The van der Waals surface area contributed by atoms with Gasteiger partial charge in [-0.25, -0.2) is 0 Å². The van der Waals surface area contributed by atoms with Gasteiger partial charge >= 0.3 is 0 Å². The minimum Gasteiger partial charge on any atom is -0.391 e. The highest BCUT2D eigenvalue weighted by Crippen LogP contribution is 2.24. The quantitative estimate of drug-likeness (QED) is 0.549. The van der Waals surface area contributed by atoms with Crippen LogP contribution in [0.5, 0.6) is 0 Å². The van der Waals surface area contributed by atoms with E-state index in [1.54, 1.807) is 0 Å². The molecule has 1 heteroatoms. The summed E-state index contributed by atoms with van der Waals surface area (Å²) in [7, 11) is 0. The molecule has 1 nitrogen and oxygen atoms in total. The smallest absolute Gasteiger partial charge is 0.0722 e. The Morgan fingerprint density at radius 1 is 1.40 bits per heavy atom. The fraction of sp³-hybridized carbons (Fsp3) is 0.778. The Hall–Kier alpha value is -0.480. The molecule has 0 bridgehead atoms. The number of rotatable bonds is 1. The molecule has 0 rings (SSSR count). The molecule has 0 aliphatic carbocycles. The third-order valence-corrected chi connectivity index (χ3v) is 1.62. The fourth-order valence-electron chi connectivity index (χ4n) is 0.841. The molecule has 0 aliphatic rings. The zero-order valence-electron chi connectivity index (χ0n) is 7.18. The third-order valence-electron chi connectivity index (χ3n) is 1.62. The molecule has 58 valence electrons. The molecular weight excluding hydrogens is 124 g/mol. The van der Waals surface area contributed by atoms with E-state index >= 15 is 0 Å². The Morgan fingerprint density at radius 2 is 1.80 bits per heavy atom. The summed E-state index contributed by atoms with van der Waals surface area (Å²) < 4.78 is 0. The Morgan fingerprint density at radius 3 is 1.90 bits per heavy atom. The van der Waals surface area contributed by atoms with Crippen molar-refractivity contribution in [2.75, 3.05) is 0 Å². The van der Waals surface area contributed by atoms with Crippen LogP contribution < -0.4 is 0 Å². The summed E-state index contributed by atoms with van der Waals surface area (Å²) in [4.78, 5) is 0. The van der Waals surface area contributed by atoms with Crippen molar-refractivity contribution in [1.82, 2.24) is 0 Å². The van der Waals surface area contributed by atoms with Gasteiger partial charge in [-0.3, -0.25) is 0 Å². The second kappa shape index (κ2) is 3.07. The summed E-state index contributed by atoms with van der Waals surface area (Å²) in [6.45, 7) is 7.79. The maximum absolute atomic E-state index is 9.51. The van der Waals surface area contributed by atoms with Crippen LogP contribution >= 0.6 is 0 Å². The van der Waals surface area contributed by atoms with E-state index in [2.05, 4.69) is 5.92 Å². The Balaban J connectivity index is 4.11. The maximum atomic E-state index is 9.51. The normalized spacial score (nSPS) is 17.6. The predicted molar refractivity (Wildman–Crippen MR) is 43.5 cm³/mol. The second-order valence-electron chi connectivity index (χ2n) is 3.77. The van der Waals surface area contributed by atoms with E-state index in [0.29, 0.717) is 0 Å². The van der Waals surface area contributed by atoms with Crippen molar-refractivity contribution < 1.29 is 5.11 Å². The summed E-state index contributed by atoms with van der Waals surface area (Å²) in [6, 6.07) is 0. The minimum atomic E-state index is -0.405. The Bertz CT molecular complexity index is 136. The average molecular weight is 140 g/mol. The van der Waals surface area contributed by atoms with Crippen molar-refractivity contribution in [3.05, 3.63) is 0 Å². The third kappa shape index (κ3) is 2.41. The lowest BCUT2D eigenvalue weighted by Crippen LogP contribution is -2.31. The van der Waals surface area contributed by atoms with E-state index in [1.807, 2.05) is 27.7 Å². The van der Waals surface area contributed by atoms with E-state index in [4.69, 9.17) is 6.42 Å². The second-order valence-corrected chi connectivity index (χ2v) is 3.77. The first kappa shape index (κ1) is 9.52. The largest absolute Gasteiger partial charge is 0.391 e. The molecule has 0 aromatic rings. The first-order valence-corrected chi connectivity index (χ1v) is 3.53. The van der Waals surface area contributed by atoms with Crippen LogP contribution in [-0.2, 0) is 0 Å². The monoisotopic (exact) mass is 140 g/mol. The predicted octanol–water partition coefficient (Wildman–Crippen LogP) is 1.66. The number of hydrogen-bond donors (Lipinski definition) is 1. The van der Waals surface area contributed by atoms with Gasteiger partial charge in [0.15, 0.2) is 0 Å². The van der Waals surface area contributed by atoms with Gasteiger partial charge in [0, 0.05) is 5.92 Å². The van der Waals surface area contributed by atoms with Crippen molar-refractivity contribution in [1.29, 1.82) is 0 Å². The molecule has 0 radical (unpaired) electrons. The van der Waals surface area contributed by atoms with Crippen molar-refractivity contribution >= 4 is 0 Å². The molecule has 0 heterocycles. The van der Waals surface area contributed by atoms with Gasteiger partial charge in [0.1, 0.15) is 0 Å². The number of aliphatic hydroxyl groups is 1. The first-order valence-electron chi connectivity index (χ1n) is 3.53. The van der Waals surface area contributed by atoms with Gasteiger partial charge in [-0.1, -0.05) is 20.8 Å². The van der Waals surface area contributed by atoms with Gasteiger partial charge in [-0.15, -0.1) is 12.3 Å². The molecule has 0 amide bonds. The van der Waals surface area contributed by atoms with E-state index in [9.17, 15) is 5.11 Å². The van der Waals surface area contributed by atoms with Gasteiger partial charge in [-0.2, -0.15) is 0 Å². The zero-order valence-corrected chi connectivity index (χ0v) is 7.18. The summed E-state index contributed by atoms with van der Waals surface area (Å²) in [5.74, 6) is 2.47. The molecule has 0 aromatic heterocycles. The van der Waals surface area contributed by atoms with Gasteiger partial charge in [0.25, 0.3) is 0 Å². The molecule has 0 unspecified atom stereocenters.